The Balaban J connectivity index is 1.47. The lowest BCUT2D eigenvalue weighted by Gasteiger charge is -2.37. The molecule has 2 aliphatic heterocycles. The summed E-state index contributed by atoms with van der Waals surface area (Å²) in [5.41, 5.74) is 0.881. The van der Waals surface area contributed by atoms with Gasteiger partial charge in [-0.15, -0.1) is 0 Å². The summed E-state index contributed by atoms with van der Waals surface area (Å²) in [4.78, 5) is 42.7. The van der Waals surface area contributed by atoms with Gasteiger partial charge in [-0.1, -0.05) is 12.1 Å². The molecule has 0 aromatic heterocycles. The van der Waals surface area contributed by atoms with E-state index in [1.807, 2.05) is 9.80 Å². The van der Waals surface area contributed by atoms with Crippen molar-refractivity contribution in [3.05, 3.63) is 59.4 Å². The monoisotopic (exact) mass is 454 g/mol. The Morgan fingerprint density at radius 3 is 2.30 bits per heavy atom. The van der Waals surface area contributed by atoms with Crippen LogP contribution in [0, 0.1) is 5.82 Å². The van der Waals surface area contributed by atoms with Gasteiger partial charge in [0.15, 0.2) is 0 Å². The Morgan fingerprint density at radius 2 is 1.64 bits per heavy atom. The van der Waals surface area contributed by atoms with Gasteiger partial charge in [-0.05, 0) is 43.2 Å². The van der Waals surface area contributed by atoms with Crippen LogP contribution in [-0.4, -0.2) is 78.5 Å². The number of likely N-dealkylation sites (tertiary alicyclic amines) is 1. The molecule has 33 heavy (non-hydrogen) atoms. The lowest BCUT2D eigenvalue weighted by Crippen LogP contribution is -2.50. The average Bonchev–Trinajstić information content (AvgIpc) is 3.35. The van der Waals surface area contributed by atoms with Crippen molar-refractivity contribution in [3.8, 4) is 0 Å². The number of carbonyl (C=O) groups excluding carboxylic acids is 2. The molecule has 174 valence electrons. The highest BCUT2D eigenvalue weighted by Gasteiger charge is 2.25. The molecule has 2 fully saturated rings. The smallest absolute Gasteiger partial charge is 0.335 e. The molecule has 0 saturated carbocycles. The van der Waals surface area contributed by atoms with Crippen molar-refractivity contribution in [2.75, 3.05) is 56.0 Å². The molecule has 9 heteroatoms. The fraction of sp³-hybridized carbons (Fsp3) is 0.375. The average molecular weight is 455 g/mol. The van der Waals surface area contributed by atoms with Crippen LogP contribution in [0.2, 0.25) is 0 Å². The number of amides is 2. The van der Waals surface area contributed by atoms with E-state index < -0.39 is 17.7 Å². The fourth-order valence-electron chi connectivity index (χ4n) is 4.28. The number of nitrogens with one attached hydrogen (secondary N) is 1. The van der Waals surface area contributed by atoms with Crippen molar-refractivity contribution < 1.29 is 23.9 Å². The maximum atomic E-state index is 14.1. The SMILES string of the molecule is O=C(O)c1ccc(N2CCN(CC(=O)N3CCCC3)CC2)c(NC(=O)c2ccccc2F)c1. The molecule has 2 heterocycles. The molecule has 0 atom stereocenters. The number of carboxylic acid groups (broad SMARTS) is 1. The highest BCUT2D eigenvalue weighted by molar-refractivity contribution is 6.07. The molecule has 0 aliphatic carbocycles. The Morgan fingerprint density at radius 1 is 0.939 bits per heavy atom. The summed E-state index contributed by atoms with van der Waals surface area (Å²) in [6.07, 6.45) is 2.13. The third-order valence-corrected chi connectivity index (χ3v) is 6.14. The molecule has 2 aromatic carbocycles. The first-order valence-electron chi connectivity index (χ1n) is 11.1. The lowest BCUT2D eigenvalue weighted by atomic mass is 10.1. The van der Waals surface area contributed by atoms with Gasteiger partial charge in [0.1, 0.15) is 5.82 Å². The van der Waals surface area contributed by atoms with Gasteiger partial charge in [-0.2, -0.15) is 0 Å². The molecule has 2 aromatic rings. The number of benzene rings is 2. The lowest BCUT2D eigenvalue weighted by molar-refractivity contribution is -0.131. The second-order valence-corrected chi connectivity index (χ2v) is 8.32. The first-order valence-corrected chi connectivity index (χ1v) is 11.1. The molecule has 4 rings (SSSR count). The summed E-state index contributed by atoms with van der Waals surface area (Å²) < 4.78 is 14.1. The van der Waals surface area contributed by atoms with Crippen LogP contribution in [0.4, 0.5) is 15.8 Å². The van der Waals surface area contributed by atoms with Gasteiger partial charge in [0, 0.05) is 39.3 Å². The highest BCUT2D eigenvalue weighted by atomic mass is 19.1. The Kier molecular flexibility index (Phi) is 6.88. The summed E-state index contributed by atoms with van der Waals surface area (Å²) in [6.45, 7) is 4.62. The minimum Gasteiger partial charge on any atom is -0.478 e. The van der Waals surface area contributed by atoms with Gasteiger partial charge >= 0.3 is 5.97 Å². The molecular formula is C24H27FN4O4. The number of carbonyl (C=O) groups is 3. The van der Waals surface area contributed by atoms with Crippen LogP contribution < -0.4 is 10.2 Å². The van der Waals surface area contributed by atoms with E-state index in [2.05, 4.69) is 10.2 Å². The largest absolute Gasteiger partial charge is 0.478 e. The molecule has 0 spiro atoms. The minimum atomic E-state index is -1.12. The summed E-state index contributed by atoms with van der Waals surface area (Å²) in [5, 5.41) is 12.1. The van der Waals surface area contributed by atoms with E-state index in [0.29, 0.717) is 44.1 Å². The van der Waals surface area contributed by atoms with Crippen molar-refractivity contribution >= 4 is 29.2 Å². The van der Waals surface area contributed by atoms with Crippen molar-refractivity contribution in [1.29, 1.82) is 0 Å². The Hall–Kier alpha value is -3.46. The van der Waals surface area contributed by atoms with E-state index in [4.69, 9.17) is 0 Å². The number of hydrogen-bond donors (Lipinski definition) is 2. The first kappa shape index (κ1) is 22.7. The van der Waals surface area contributed by atoms with E-state index >= 15 is 0 Å². The molecule has 2 amide bonds. The molecule has 2 saturated heterocycles. The number of halogens is 1. The number of aromatic carboxylic acids is 1. The third kappa shape index (κ3) is 5.31. The topological polar surface area (TPSA) is 93.2 Å². The van der Waals surface area contributed by atoms with Crippen molar-refractivity contribution in [3.63, 3.8) is 0 Å². The summed E-state index contributed by atoms with van der Waals surface area (Å²) in [5.74, 6) is -2.26. The van der Waals surface area contributed by atoms with Crippen LogP contribution in [0.1, 0.15) is 33.6 Å². The summed E-state index contributed by atoms with van der Waals surface area (Å²) in [6, 6.07) is 10.2. The normalized spacial score (nSPS) is 16.6. The summed E-state index contributed by atoms with van der Waals surface area (Å²) in [7, 11) is 0. The molecule has 2 N–H and O–H groups in total. The third-order valence-electron chi connectivity index (χ3n) is 6.14. The Labute approximate surface area is 191 Å². The van der Waals surface area contributed by atoms with Crippen molar-refractivity contribution in [1.82, 2.24) is 9.80 Å². The van der Waals surface area contributed by atoms with Gasteiger partial charge in [0.05, 0.1) is 29.0 Å². The van der Waals surface area contributed by atoms with Crippen LogP contribution in [0.3, 0.4) is 0 Å². The van der Waals surface area contributed by atoms with Crippen LogP contribution in [0.25, 0.3) is 0 Å². The van der Waals surface area contributed by atoms with E-state index in [1.54, 1.807) is 12.1 Å². The van der Waals surface area contributed by atoms with Gasteiger partial charge in [-0.3, -0.25) is 14.5 Å². The Bertz CT molecular complexity index is 1050. The number of anilines is 2. The summed E-state index contributed by atoms with van der Waals surface area (Å²) >= 11 is 0. The molecule has 2 aliphatic rings. The van der Waals surface area contributed by atoms with Crippen LogP contribution in [-0.2, 0) is 4.79 Å². The molecular weight excluding hydrogens is 427 g/mol. The molecule has 8 nitrogen and oxygen atoms in total. The second kappa shape index (κ2) is 9.99. The highest BCUT2D eigenvalue weighted by Crippen LogP contribution is 2.29. The van der Waals surface area contributed by atoms with E-state index in [1.165, 1.54) is 30.3 Å². The number of hydrogen-bond acceptors (Lipinski definition) is 5. The van der Waals surface area contributed by atoms with E-state index in [0.717, 1.165) is 25.9 Å². The predicted molar refractivity (Wildman–Crippen MR) is 122 cm³/mol. The molecule has 0 bridgehead atoms. The van der Waals surface area contributed by atoms with E-state index in [9.17, 15) is 23.9 Å². The number of nitrogens with zero attached hydrogens (tertiary/aromatic N) is 3. The number of rotatable bonds is 6. The zero-order valence-electron chi connectivity index (χ0n) is 18.3. The van der Waals surface area contributed by atoms with Crippen LogP contribution in [0.15, 0.2) is 42.5 Å². The molecule has 0 radical (unpaired) electrons. The number of piperazine rings is 1. The van der Waals surface area contributed by atoms with Crippen molar-refractivity contribution in [2.45, 2.75) is 12.8 Å². The van der Waals surface area contributed by atoms with E-state index in [-0.39, 0.29) is 17.0 Å². The van der Waals surface area contributed by atoms with Gasteiger partial charge in [0.25, 0.3) is 5.91 Å². The quantitative estimate of drug-likeness (QED) is 0.697. The minimum absolute atomic E-state index is 0.0254. The van der Waals surface area contributed by atoms with Gasteiger partial charge in [-0.25, -0.2) is 9.18 Å². The maximum Gasteiger partial charge on any atom is 0.335 e. The fourth-order valence-corrected chi connectivity index (χ4v) is 4.28. The number of carboxylic acids is 1. The van der Waals surface area contributed by atoms with Crippen molar-refractivity contribution in [2.24, 2.45) is 0 Å². The van der Waals surface area contributed by atoms with Crippen LogP contribution in [0.5, 0.6) is 0 Å². The maximum absolute atomic E-state index is 14.1. The standard InChI is InChI=1S/C24H27FN4O4/c25-19-6-2-1-5-18(19)23(31)26-20-15-17(24(32)33)7-8-21(20)28-13-11-27(12-14-28)16-22(30)29-9-3-4-10-29/h1-2,5-8,15H,3-4,9-14,16H2,(H,26,31)(H,32,33). The van der Waals surface area contributed by atoms with Gasteiger partial charge < -0.3 is 20.2 Å². The van der Waals surface area contributed by atoms with Gasteiger partial charge in [0.2, 0.25) is 5.91 Å². The zero-order valence-corrected chi connectivity index (χ0v) is 18.3. The second-order valence-electron chi connectivity index (χ2n) is 8.32. The van der Waals surface area contributed by atoms with Crippen LogP contribution >= 0.6 is 0 Å². The first-order chi connectivity index (χ1) is 15.9. The molecule has 0 unspecified atom stereocenters. The predicted octanol–water partition coefficient (Wildman–Crippen LogP) is 2.52. The zero-order chi connectivity index (χ0) is 23.4.